The molecular weight excluding hydrogens is 291 g/mol. The second kappa shape index (κ2) is 6.73. The number of nitro benzene ring substituents is 1. The molecule has 7 nitrogen and oxygen atoms in total. The van der Waals surface area contributed by atoms with Crippen LogP contribution in [0, 0.1) is 15.9 Å². The van der Waals surface area contributed by atoms with Gasteiger partial charge in [0.25, 0.3) is 5.69 Å². The Labute approximate surface area is 115 Å². The summed E-state index contributed by atoms with van der Waals surface area (Å²) in [6.45, 7) is 1.55. The summed E-state index contributed by atoms with van der Waals surface area (Å²) in [4.78, 5) is 9.09. The number of hydrogen-bond acceptors (Lipinski definition) is 5. The molecule has 0 atom stereocenters. The number of nitro groups is 1. The molecule has 0 bridgehead atoms. The van der Waals surface area contributed by atoms with Crippen molar-refractivity contribution in [1.82, 2.24) is 4.31 Å². The van der Waals surface area contributed by atoms with Gasteiger partial charge < -0.3 is 5.11 Å². The van der Waals surface area contributed by atoms with Crippen molar-refractivity contribution in [2.75, 3.05) is 19.7 Å². The number of halogens is 1. The number of rotatable bonds is 7. The zero-order valence-corrected chi connectivity index (χ0v) is 11.6. The van der Waals surface area contributed by atoms with Crippen LogP contribution < -0.4 is 0 Å². The molecule has 0 unspecified atom stereocenters. The van der Waals surface area contributed by atoms with Gasteiger partial charge in [-0.05, 0) is 12.5 Å². The minimum Gasteiger partial charge on any atom is -0.396 e. The molecule has 1 N–H and O–H groups in total. The number of benzene rings is 1. The smallest absolute Gasteiger partial charge is 0.272 e. The summed E-state index contributed by atoms with van der Waals surface area (Å²) < 4.78 is 39.2. The minimum atomic E-state index is -4.07. The van der Waals surface area contributed by atoms with Gasteiger partial charge in [-0.2, -0.15) is 4.31 Å². The third-order valence-corrected chi connectivity index (χ3v) is 4.67. The zero-order valence-electron chi connectivity index (χ0n) is 10.8. The molecule has 1 aromatic rings. The van der Waals surface area contributed by atoms with E-state index in [2.05, 4.69) is 0 Å². The van der Waals surface area contributed by atoms with Crippen molar-refractivity contribution in [2.45, 2.75) is 18.2 Å². The van der Waals surface area contributed by atoms with Crippen LogP contribution in [0.25, 0.3) is 0 Å². The molecule has 0 saturated carbocycles. The largest absolute Gasteiger partial charge is 0.396 e. The third kappa shape index (κ3) is 3.50. The van der Waals surface area contributed by atoms with Gasteiger partial charge in [-0.1, -0.05) is 6.92 Å². The lowest BCUT2D eigenvalue weighted by atomic mass is 10.3. The maximum atomic E-state index is 13.8. The first-order valence-corrected chi connectivity index (χ1v) is 7.33. The fraction of sp³-hybridized carbons (Fsp3) is 0.455. The molecule has 0 spiro atoms. The summed E-state index contributed by atoms with van der Waals surface area (Å²) in [5.74, 6) is -1.17. The van der Waals surface area contributed by atoms with Gasteiger partial charge in [0.05, 0.1) is 11.0 Å². The molecule has 1 rings (SSSR count). The van der Waals surface area contributed by atoms with Crippen LogP contribution in [0.4, 0.5) is 10.1 Å². The van der Waals surface area contributed by atoms with Crippen LogP contribution in [0.1, 0.15) is 13.3 Å². The van der Waals surface area contributed by atoms with Crippen LogP contribution in [0.5, 0.6) is 0 Å². The predicted molar refractivity (Wildman–Crippen MR) is 69.2 cm³/mol. The highest BCUT2D eigenvalue weighted by molar-refractivity contribution is 7.89. The van der Waals surface area contributed by atoms with E-state index in [1.165, 1.54) is 0 Å². The van der Waals surface area contributed by atoms with Crippen LogP contribution in [-0.2, 0) is 10.0 Å². The fourth-order valence-corrected chi connectivity index (χ4v) is 3.18. The second-order valence-electron chi connectivity index (χ2n) is 3.95. The number of sulfonamides is 1. The maximum absolute atomic E-state index is 13.8. The monoisotopic (exact) mass is 306 g/mol. The van der Waals surface area contributed by atoms with Crippen molar-refractivity contribution in [3.8, 4) is 0 Å². The summed E-state index contributed by atoms with van der Waals surface area (Å²) in [5, 5.41) is 19.2. The number of aliphatic hydroxyl groups is 1. The van der Waals surface area contributed by atoms with E-state index in [4.69, 9.17) is 5.11 Å². The number of aliphatic hydroxyl groups excluding tert-OH is 1. The Morgan fingerprint density at radius 2 is 2.10 bits per heavy atom. The van der Waals surface area contributed by atoms with Crippen LogP contribution in [-0.4, -0.2) is 42.4 Å². The van der Waals surface area contributed by atoms with Crippen molar-refractivity contribution in [1.29, 1.82) is 0 Å². The van der Waals surface area contributed by atoms with Gasteiger partial charge in [0, 0.05) is 25.8 Å². The van der Waals surface area contributed by atoms with E-state index in [0.717, 1.165) is 16.4 Å². The molecule has 1 aromatic carbocycles. The highest BCUT2D eigenvalue weighted by Gasteiger charge is 2.27. The fourth-order valence-electron chi connectivity index (χ4n) is 1.65. The molecule has 0 heterocycles. The lowest BCUT2D eigenvalue weighted by Crippen LogP contribution is -2.32. The van der Waals surface area contributed by atoms with Crippen LogP contribution in [0.15, 0.2) is 23.1 Å². The summed E-state index contributed by atoms with van der Waals surface area (Å²) in [6, 6.07) is 2.40. The first-order valence-electron chi connectivity index (χ1n) is 5.89. The topological polar surface area (TPSA) is 101 Å². The molecule has 0 saturated heterocycles. The average Bonchev–Trinajstić information content (AvgIpc) is 2.38. The molecule has 0 aliphatic rings. The maximum Gasteiger partial charge on any atom is 0.272 e. The molecular formula is C11H15FN2O5S. The quantitative estimate of drug-likeness (QED) is 0.601. The van der Waals surface area contributed by atoms with Gasteiger partial charge >= 0.3 is 0 Å². The van der Waals surface area contributed by atoms with E-state index in [-0.39, 0.29) is 26.1 Å². The van der Waals surface area contributed by atoms with Crippen molar-refractivity contribution in [3.63, 3.8) is 0 Å². The lowest BCUT2D eigenvalue weighted by molar-refractivity contribution is -0.385. The van der Waals surface area contributed by atoms with Gasteiger partial charge in [-0.15, -0.1) is 0 Å². The van der Waals surface area contributed by atoms with Crippen molar-refractivity contribution in [3.05, 3.63) is 34.1 Å². The molecule has 20 heavy (non-hydrogen) atoms. The standard InChI is InChI=1S/C11H15FN2O5S/c1-2-13(6-3-7-15)20(18,19)11-5-4-9(14(16)17)8-10(11)12/h4-5,8,15H,2-3,6-7H2,1H3. The van der Waals surface area contributed by atoms with Crippen molar-refractivity contribution >= 4 is 15.7 Å². The van der Waals surface area contributed by atoms with Gasteiger partial charge in [0.1, 0.15) is 10.7 Å². The Morgan fingerprint density at radius 3 is 2.55 bits per heavy atom. The first kappa shape index (κ1) is 16.5. The Bertz CT molecular complexity index is 590. The van der Waals surface area contributed by atoms with Crippen molar-refractivity contribution < 1.29 is 22.8 Å². The van der Waals surface area contributed by atoms with Gasteiger partial charge in [0.15, 0.2) is 0 Å². The highest BCUT2D eigenvalue weighted by atomic mass is 32.2. The molecule has 9 heteroatoms. The van der Waals surface area contributed by atoms with Gasteiger partial charge in [0.2, 0.25) is 10.0 Å². The van der Waals surface area contributed by atoms with Crippen LogP contribution >= 0.6 is 0 Å². The summed E-state index contributed by atoms with van der Waals surface area (Å²) in [7, 11) is -4.07. The summed E-state index contributed by atoms with van der Waals surface area (Å²) >= 11 is 0. The molecule has 0 radical (unpaired) electrons. The Morgan fingerprint density at radius 1 is 1.45 bits per heavy atom. The normalized spacial score (nSPS) is 11.8. The summed E-state index contributed by atoms with van der Waals surface area (Å²) in [5.41, 5.74) is -0.514. The molecule has 0 aliphatic heterocycles. The second-order valence-corrected chi connectivity index (χ2v) is 5.85. The van der Waals surface area contributed by atoms with Crippen LogP contribution in [0.3, 0.4) is 0 Å². The van der Waals surface area contributed by atoms with Crippen molar-refractivity contribution in [2.24, 2.45) is 0 Å². The van der Waals surface area contributed by atoms with Crippen LogP contribution in [0.2, 0.25) is 0 Å². The lowest BCUT2D eigenvalue weighted by Gasteiger charge is -2.20. The molecule has 112 valence electrons. The average molecular weight is 306 g/mol. The highest BCUT2D eigenvalue weighted by Crippen LogP contribution is 2.23. The van der Waals surface area contributed by atoms with E-state index in [9.17, 15) is 22.9 Å². The SMILES string of the molecule is CCN(CCCO)S(=O)(=O)c1ccc([N+](=O)[O-])cc1F. The molecule has 0 aromatic heterocycles. The number of hydrogen-bond donors (Lipinski definition) is 1. The molecule has 0 amide bonds. The Balaban J connectivity index is 3.17. The number of non-ortho nitro benzene ring substituents is 1. The Kier molecular flexibility index (Phi) is 5.54. The van der Waals surface area contributed by atoms with E-state index < -0.39 is 31.3 Å². The molecule has 0 fully saturated rings. The minimum absolute atomic E-state index is 0.0474. The third-order valence-electron chi connectivity index (χ3n) is 2.66. The molecule has 0 aliphatic carbocycles. The Hall–Kier alpha value is -1.58. The van der Waals surface area contributed by atoms with E-state index in [0.29, 0.717) is 6.07 Å². The van der Waals surface area contributed by atoms with E-state index >= 15 is 0 Å². The predicted octanol–water partition coefficient (Wildman–Crippen LogP) is 1.13. The van der Waals surface area contributed by atoms with E-state index in [1.807, 2.05) is 0 Å². The van der Waals surface area contributed by atoms with Gasteiger partial charge in [-0.3, -0.25) is 10.1 Å². The number of nitrogens with zero attached hydrogens (tertiary/aromatic N) is 2. The first-order chi connectivity index (χ1) is 9.34. The zero-order chi connectivity index (χ0) is 15.3. The van der Waals surface area contributed by atoms with Gasteiger partial charge in [-0.25, -0.2) is 12.8 Å². The summed E-state index contributed by atoms with van der Waals surface area (Å²) in [6.07, 6.45) is 0.224. The van der Waals surface area contributed by atoms with E-state index in [1.54, 1.807) is 6.92 Å².